The summed E-state index contributed by atoms with van der Waals surface area (Å²) in [5.74, 6) is -1.72. The normalized spacial score (nSPS) is 19.1. The minimum Gasteiger partial charge on any atom is -0.479 e. The average molecular weight is 594 g/mol. The maximum Gasteiger partial charge on any atom is 0.334 e. The molecule has 1 aliphatic heterocycles. The zero-order chi connectivity index (χ0) is 30.7. The predicted molar refractivity (Wildman–Crippen MR) is 177 cm³/mol. The number of rotatable bonds is 31. The number of ketones is 1. The van der Waals surface area contributed by atoms with Crippen LogP contribution >= 0.6 is 0 Å². The van der Waals surface area contributed by atoms with E-state index in [0.29, 0.717) is 12.8 Å². The Morgan fingerprint density at radius 1 is 0.571 bits per heavy atom. The van der Waals surface area contributed by atoms with Crippen LogP contribution < -0.4 is 0 Å². The van der Waals surface area contributed by atoms with E-state index in [2.05, 4.69) is 13.8 Å². The lowest BCUT2D eigenvalue weighted by atomic mass is 9.77. The first-order valence-corrected chi connectivity index (χ1v) is 18.7. The van der Waals surface area contributed by atoms with Crippen molar-refractivity contribution in [2.75, 3.05) is 6.54 Å². The first-order valence-electron chi connectivity index (χ1n) is 18.7. The number of hydrogen-bond acceptors (Lipinski definition) is 4. The van der Waals surface area contributed by atoms with Crippen LogP contribution in [0.3, 0.4) is 0 Å². The Hall–Kier alpha value is -0.940. The van der Waals surface area contributed by atoms with E-state index in [1.807, 2.05) is 0 Å². The fourth-order valence-electron chi connectivity index (χ4n) is 7.08. The molecule has 1 fully saturated rings. The molecule has 5 nitrogen and oxygen atoms in total. The van der Waals surface area contributed by atoms with Gasteiger partial charge in [0.25, 0.3) is 0 Å². The number of hydroxylamine groups is 2. The molecule has 42 heavy (non-hydrogen) atoms. The van der Waals surface area contributed by atoms with Crippen LogP contribution in [0.4, 0.5) is 0 Å². The van der Waals surface area contributed by atoms with Gasteiger partial charge < -0.3 is 10.3 Å². The average Bonchev–Trinajstić information content (AvgIpc) is 3.32. The predicted octanol–water partition coefficient (Wildman–Crippen LogP) is 11.4. The number of carboxylic acids is 1. The molecule has 2 atom stereocenters. The molecular weight excluding hydrogens is 522 g/mol. The highest BCUT2D eigenvalue weighted by Gasteiger charge is 2.59. The van der Waals surface area contributed by atoms with Gasteiger partial charge in [-0.1, -0.05) is 181 Å². The first-order chi connectivity index (χ1) is 20.5. The lowest BCUT2D eigenvalue weighted by molar-refractivity contribution is -0.193. The molecule has 0 amide bonds. The number of nitrogens with zero attached hydrogens (tertiary/aromatic N) is 1. The van der Waals surface area contributed by atoms with Crippen LogP contribution in [-0.4, -0.2) is 39.2 Å². The molecule has 2 N–H and O–H groups in total. The third kappa shape index (κ3) is 16.2. The van der Waals surface area contributed by atoms with Crippen LogP contribution in [0.5, 0.6) is 0 Å². The van der Waals surface area contributed by atoms with Gasteiger partial charge in [-0.2, -0.15) is 5.06 Å². The molecule has 1 aliphatic rings. The van der Waals surface area contributed by atoms with E-state index in [9.17, 15) is 19.9 Å². The molecule has 0 spiro atoms. The summed E-state index contributed by atoms with van der Waals surface area (Å²) in [5.41, 5.74) is -1.73. The van der Waals surface area contributed by atoms with Crippen molar-refractivity contribution in [1.82, 2.24) is 5.06 Å². The minimum absolute atomic E-state index is 0.260. The molecule has 5 heteroatoms. The Morgan fingerprint density at radius 3 is 1.26 bits per heavy atom. The maximum absolute atomic E-state index is 13.3. The third-order valence-electron chi connectivity index (χ3n) is 9.85. The standard InChI is InChI=1S/C37H71NO4/c1-3-5-7-9-11-13-15-17-19-20-22-24-26-28-30-34-32-33-38(42)37(34,36(40)41)35(39)31-29-27-25-23-21-18-16-14-12-10-8-6-4-2/h34,42H,3-33H2,1-2H3,(H,40,41). The molecular formula is C37H71NO4. The molecule has 0 aromatic rings. The van der Waals surface area contributed by atoms with E-state index in [-0.39, 0.29) is 24.7 Å². The van der Waals surface area contributed by atoms with E-state index in [0.717, 1.165) is 37.2 Å². The SMILES string of the molecule is CCCCCCCCCCCCCCCCC1CCN(O)C1(C(=O)O)C(=O)CCCCCCCCCCCCCCC. The highest BCUT2D eigenvalue weighted by atomic mass is 16.5. The van der Waals surface area contributed by atoms with Crippen molar-refractivity contribution in [3.05, 3.63) is 0 Å². The summed E-state index contributed by atoms with van der Waals surface area (Å²) < 4.78 is 0. The third-order valence-corrected chi connectivity index (χ3v) is 9.85. The van der Waals surface area contributed by atoms with E-state index >= 15 is 0 Å². The number of carbonyl (C=O) groups excluding carboxylic acids is 1. The van der Waals surface area contributed by atoms with Gasteiger partial charge in [-0.3, -0.25) is 4.79 Å². The van der Waals surface area contributed by atoms with Gasteiger partial charge >= 0.3 is 5.97 Å². The van der Waals surface area contributed by atoms with Crippen LogP contribution in [0, 0.1) is 5.92 Å². The molecule has 0 radical (unpaired) electrons. The fourth-order valence-corrected chi connectivity index (χ4v) is 7.08. The minimum atomic E-state index is -1.73. The lowest BCUT2D eigenvalue weighted by Crippen LogP contribution is -2.59. The van der Waals surface area contributed by atoms with Crippen molar-refractivity contribution in [1.29, 1.82) is 0 Å². The molecule has 0 bridgehead atoms. The molecule has 0 aliphatic carbocycles. The van der Waals surface area contributed by atoms with Crippen molar-refractivity contribution >= 4 is 11.8 Å². The van der Waals surface area contributed by atoms with Crippen molar-refractivity contribution in [3.63, 3.8) is 0 Å². The Morgan fingerprint density at radius 2 is 0.905 bits per heavy atom. The van der Waals surface area contributed by atoms with Crippen LogP contribution in [0.25, 0.3) is 0 Å². The summed E-state index contributed by atoms with van der Waals surface area (Å²) in [6.45, 7) is 4.80. The molecule has 1 saturated heterocycles. The number of carboxylic acid groups (broad SMARTS) is 1. The summed E-state index contributed by atoms with van der Waals surface area (Å²) in [6.07, 6.45) is 35.7. The molecule has 2 unspecified atom stereocenters. The van der Waals surface area contributed by atoms with E-state index in [4.69, 9.17) is 0 Å². The Bertz CT molecular complexity index is 654. The lowest BCUT2D eigenvalue weighted by Gasteiger charge is -2.33. The van der Waals surface area contributed by atoms with Gasteiger partial charge in [-0.05, 0) is 25.2 Å². The van der Waals surface area contributed by atoms with Gasteiger partial charge in [0.1, 0.15) is 0 Å². The van der Waals surface area contributed by atoms with Gasteiger partial charge in [-0.25, -0.2) is 4.79 Å². The fraction of sp³-hybridized carbons (Fsp3) is 0.946. The second-order valence-electron chi connectivity index (χ2n) is 13.5. The number of unbranched alkanes of at least 4 members (excludes halogenated alkanes) is 25. The van der Waals surface area contributed by atoms with Crippen molar-refractivity contribution in [3.8, 4) is 0 Å². The van der Waals surface area contributed by atoms with Crippen molar-refractivity contribution in [2.45, 2.75) is 212 Å². The van der Waals surface area contributed by atoms with Gasteiger partial charge in [0.15, 0.2) is 5.78 Å². The Balaban J connectivity index is 2.18. The molecule has 1 heterocycles. The largest absolute Gasteiger partial charge is 0.479 e. The van der Waals surface area contributed by atoms with Crippen LogP contribution in [0.15, 0.2) is 0 Å². The molecule has 0 aromatic heterocycles. The smallest absolute Gasteiger partial charge is 0.334 e. The quantitative estimate of drug-likeness (QED) is 0.0617. The van der Waals surface area contributed by atoms with Crippen molar-refractivity contribution < 1.29 is 19.9 Å². The number of carbonyl (C=O) groups is 2. The first kappa shape index (κ1) is 39.1. The number of aliphatic carboxylic acids is 1. The van der Waals surface area contributed by atoms with E-state index in [1.165, 1.54) is 141 Å². The summed E-state index contributed by atoms with van der Waals surface area (Å²) in [5, 5.41) is 21.6. The van der Waals surface area contributed by atoms with Crippen LogP contribution in [0.2, 0.25) is 0 Å². The van der Waals surface area contributed by atoms with Crippen LogP contribution in [-0.2, 0) is 9.59 Å². The van der Waals surface area contributed by atoms with E-state index < -0.39 is 11.5 Å². The Kier molecular flexibility index (Phi) is 24.6. The van der Waals surface area contributed by atoms with Gasteiger partial charge in [0.2, 0.25) is 5.54 Å². The second kappa shape index (κ2) is 26.5. The number of Topliss-reactive ketones (excluding diaryl/α,β-unsaturated/α-hetero) is 1. The van der Waals surface area contributed by atoms with E-state index in [1.54, 1.807) is 0 Å². The topological polar surface area (TPSA) is 77.8 Å². The summed E-state index contributed by atoms with van der Waals surface area (Å²) in [4.78, 5) is 25.7. The van der Waals surface area contributed by atoms with Gasteiger partial charge in [0, 0.05) is 13.0 Å². The summed E-state index contributed by atoms with van der Waals surface area (Å²) in [7, 11) is 0. The van der Waals surface area contributed by atoms with Crippen molar-refractivity contribution in [2.24, 2.45) is 5.92 Å². The molecule has 0 saturated carbocycles. The highest BCUT2D eigenvalue weighted by molar-refractivity contribution is 6.08. The van der Waals surface area contributed by atoms with Crippen LogP contribution in [0.1, 0.15) is 206 Å². The monoisotopic (exact) mass is 594 g/mol. The highest BCUT2D eigenvalue weighted by Crippen LogP contribution is 2.39. The maximum atomic E-state index is 13.3. The molecule has 248 valence electrons. The zero-order valence-corrected chi connectivity index (χ0v) is 28.2. The zero-order valence-electron chi connectivity index (χ0n) is 28.2. The van der Waals surface area contributed by atoms with Gasteiger partial charge in [0.05, 0.1) is 0 Å². The second-order valence-corrected chi connectivity index (χ2v) is 13.5. The molecule has 1 rings (SSSR count). The molecule has 0 aromatic carbocycles. The number of hydrogen-bond donors (Lipinski definition) is 2. The Labute approximate surface area is 260 Å². The summed E-state index contributed by atoms with van der Waals surface area (Å²) in [6, 6.07) is 0. The van der Waals surface area contributed by atoms with Gasteiger partial charge in [-0.15, -0.1) is 0 Å². The summed E-state index contributed by atoms with van der Waals surface area (Å²) >= 11 is 0.